The molecule has 0 aromatic heterocycles. The highest BCUT2D eigenvalue weighted by Crippen LogP contribution is 2.34. The van der Waals surface area contributed by atoms with Gasteiger partial charge in [0.1, 0.15) is 5.75 Å². The number of allylic oxidation sites excluding steroid dienone is 1. The molecular weight excluding hydrogens is 326 g/mol. The van der Waals surface area contributed by atoms with Gasteiger partial charge in [0, 0.05) is 5.69 Å². The molecule has 0 spiro atoms. The van der Waals surface area contributed by atoms with Crippen molar-refractivity contribution in [3.63, 3.8) is 0 Å². The summed E-state index contributed by atoms with van der Waals surface area (Å²) >= 11 is 0. The molecule has 2 aromatic rings. The lowest BCUT2D eigenvalue weighted by Crippen LogP contribution is -2.45. The number of hydrogen-bond acceptors (Lipinski definition) is 4. The maximum Gasteiger partial charge on any atom is 0.336 e. The van der Waals surface area contributed by atoms with E-state index in [1.807, 2.05) is 74.5 Å². The van der Waals surface area contributed by atoms with Gasteiger partial charge in [-0.25, -0.2) is 4.79 Å². The van der Waals surface area contributed by atoms with Gasteiger partial charge < -0.3 is 14.8 Å². The molecule has 1 atom stereocenters. The second-order valence-electron chi connectivity index (χ2n) is 6.41. The van der Waals surface area contributed by atoms with Crippen molar-refractivity contribution >= 4 is 11.7 Å². The van der Waals surface area contributed by atoms with Crippen molar-refractivity contribution in [3.8, 4) is 5.75 Å². The van der Waals surface area contributed by atoms with E-state index in [1.165, 1.54) is 0 Å². The molecule has 0 bridgehead atoms. The Morgan fingerprint density at radius 2 is 1.81 bits per heavy atom. The minimum atomic E-state index is -0.992. The number of hydrogen-bond donors (Lipinski definition) is 1. The number of ether oxygens (including phenoxy) is 2. The van der Waals surface area contributed by atoms with E-state index in [2.05, 4.69) is 11.9 Å². The second-order valence-corrected chi connectivity index (χ2v) is 6.41. The molecule has 0 amide bonds. The van der Waals surface area contributed by atoms with E-state index in [9.17, 15) is 4.79 Å². The van der Waals surface area contributed by atoms with Gasteiger partial charge in [-0.3, -0.25) is 0 Å². The first-order valence-corrected chi connectivity index (χ1v) is 8.81. The van der Waals surface area contributed by atoms with Crippen molar-refractivity contribution in [2.75, 3.05) is 12.4 Å². The van der Waals surface area contributed by atoms with Crippen LogP contribution in [0.15, 0.2) is 67.3 Å². The first-order valence-electron chi connectivity index (χ1n) is 8.81. The fourth-order valence-corrected chi connectivity index (χ4v) is 2.83. The standard InChI is InChI=1S/C22H27NO3/c1-5-6-16-22(21(24)26-17(2)3,18-10-8-7-9-11-18)23-19-12-14-20(25-4)15-13-19/h5,7-15,17,23H,1,6,16H2,2-4H3/t22-/m0/s1. The van der Waals surface area contributed by atoms with Gasteiger partial charge in [0.05, 0.1) is 13.2 Å². The number of nitrogens with one attached hydrogen (secondary N) is 1. The fraction of sp³-hybridized carbons (Fsp3) is 0.318. The quantitative estimate of drug-likeness (QED) is 0.513. The lowest BCUT2D eigenvalue weighted by Gasteiger charge is -2.34. The molecule has 2 aromatic carbocycles. The van der Waals surface area contributed by atoms with Crippen molar-refractivity contribution in [2.45, 2.75) is 38.3 Å². The third-order valence-corrected chi connectivity index (χ3v) is 4.13. The molecule has 0 saturated carbocycles. The van der Waals surface area contributed by atoms with E-state index >= 15 is 0 Å². The summed E-state index contributed by atoms with van der Waals surface area (Å²) in [5.74, 6) is 0.466. The Morgan fingerprint density at radius 3 is 2.35 bits per heavy atom. The molecule has 0 saturated heterocycles. The average Bonchev–Trinajstić information content (AvgIpc) is 2.65. The summed E-state index contributed by atoms with van der Waals surface area (Å²) in [4.78, 5) is 13.2. The van der Waals surface area contributed by atoms with E-state index in [4.69, 9.17) is 9.47 Å². The van der Waals surface area contributed by atoms with Gasteiger partial charge in [-0.15, -0.1) is 6.58 Å². The average molecular weight is 353 g/mol. The van der Waals surface area contributed by atoms with Crippen LogP contribution < -0.4 is 10.1 Å². The fourth-order valence-electron chi connectivity index (χ4n) is 2.83. The number of methoxy groups -OCH3 is 1. The predicted octanol–water partition coefficient (Wildman–Crippen LogP) is 4.92. The third kappa shape index (κ3) is 4.66. The molecule has 4 nitrogen and oxygen atoms in total. The van der Waals surface area contributed by atoms with Gasteiger partial charge in [0.2, 0.25) is 0 Å². The van der Waals surface area contributed by atoms with Crippen LogP contribution in [0, 0.1) is 0 Å². The van der Waals surface area contributed by atoms with Crippen molar-refractivity contribution in [1.29, 1.82) is 0 Å². The van der Waals surface area contributed by atoms with E-state index in [1.54, 1.807) is 7.11 Å². The van der Waals surface area contributed by atoms with Crippen LogP contribution in [0.3, 0.4) is 0 Å². The molecule has 2 rings (SSSR count). The van der Waals surface area contributed by atoms with Crippen molar-refractivity contribution in [1.82, 2.24) is 0 Å². The smallest absolute Gasteiger partial charge is 0.336 e. The molecule has 0 aliphatic heterocycles. The molecule has 0 aliphatic rings. The number of benzene rings is 2. The lowest BCUT2D eigenvalue weighted by molar-refractivity contribution is -0.153. The van der Waals surface area contributed by atoms with Gasteiger partial charge >= 0.3 is 5.97 Å². The number of anilines is 1. The Bertz CT molecular complexity index is 710. The Labute approximate surface area is 155 Å². The van der Waals surface area contributed by atoms with Crippen LogP contribution in [0.1, 0.15) is 32.3 Å². The van der Waals surface area contributed by atoms with Crippen LogP contribution in [0.4, 0.5) is 5.69 Å². The van der Waals surface area contributed by atoms with Crippen LogP contribution in [-0.4, -0.2) is 19.2 Å². The Hall–Kier alpha value is -2.75. The highest BCUT2D eigenvalue weighted by Gasteiger charge is 2.41. The summed E-state index contributed by atoms with van der Waals surface area (Å²) in [6, 6.07) is 17.2. The number of carbonyl (C=O) groups excluding carboxylic acids is 1. The zero-order chi connectivity index (χ0) is 19.0. The van der Waals surface area contributed by atoms with E-state index < -0.39 is 5.54 Å². The maximum atomic E-state index is 13.2. The summed E-state index contributed by atoms with van der Waals surface area (Å²) in [5.41, 5.74) is 0.691. The number of esters is 1. The van der Waals surface area contributed by atoms with Gasteiger partial charge in [-0.1, -0.05) is 36.4 Å². The highest BCUT2D eigenvalue weighted by atomic mass is 16.5. The van der Waals surface area contributed by atoms with Crippen LogP contribution >= 0.6 is 0 Å². The molecule has 0 fully saturated rings. The first-order chi connectivity index (χ1) is 12.5. The SMILES string of the molecule is C=CCC[C@@](Nc1ccc(OC)cc1)(C(=O)OC(C)C)c1ccccc1. The van der Waals surface area contributed by atoms with Crippen molar-refractivity contribution in [3.05, 3.63) is 72.8 Å². The highest BCUT2D eigenvalue weighted by molar-refractivity contribution is 5.86. The maximum absolute atomic E-state index is 13.2. The molecule has 138 valence electrons. The topological polar surface area (TPSA) is 47.6 Å². The van der Waals surface area contributed by atoms with Gasteiger partial charge in [0.15, 0.2) is 5.54 Å². The Balaban J connectivity index is 2.48. The zero-order valence-corrected chi connectivity index (χ0v) is 15.7. The zero-order valence-electron chi connectivity index (χ0n) is 15.7. The predicted molar refractivity (Wildman–Crippen MR) is 105 cm³/mol. The molecule has 26 heavy (non-hydrogen) atoms. The number of rotatable bonds is 9. The van der Waals surface area contributed by atoms with Gasteiger partial charge in [-0.05, 0) is 56.5 Å². The van der Waals surface area contributed by atoms with Crippen LogP contribution in [0.2, 0.25) is 0 Å². The summed E-state index contributed by atoms with van der Waals surface area (Å²) in [6.07, 6.45) is 2.83. The second kappa shape index (κ2) is 9.09. The first kappa shape index (κ1) is 19.6. The van der Waals surface area contributed by atoms with E-state index in [0.29, 0.717) is 12.8 Å². The summed E-state index contributed by atoms with van der Waals surface area (Å²) in [7, 11) is 1.63. The van der Waals surface area contributed by atoms with Crippen LogP contribution in [0.25, 0.3) is 0 Å². The van der Waals surface area contributed by atoms with Gasteiger partial charge in [-0.2, -0.15) is 0 Å². The molecule has 0 radical (unpaired) electrons. The molecule has 0 aliphatic carbocycles. The summed E-state index contributed by atoms with van der Waals surface area (Å²) in [6.45, 7) is 7.52. The lowest BCUT2D eigenvalue weighted by atomic mass is 9.84. The molecule has 0 heterocycles. The Kier molecular flexibility index (Phi) is 6.84. The third-order valence-electron chi connectivity index (χ3n) is 4.13. The normalized spacial score (nSPS) is 12.9. The largest absolute Gasteiger partial charge is 0.497 e. The summed E-state index contributed by atoms with van der Waals surface area (Å²) in [5, 5.41) is 3.42. The van der Waals surface area contributed by atoms with Crippen molar-refractivity contribution < 1.29 is 14.3 Å². The van der Waals surface area contributed by atoms with Crippen LogP contribution in [0.5, 0.6) is 5.75 Å². The minimum absolute atomic E-state index is 0.202. The molecular formula is C22H27NO3. The van der Waals surface area contributed by atoms with E-state index in [-0.39, 0.29) is 12.1 Å². The Morgan fingerprint density at radius 1 is 1.15 bits per heavy atom. The van der Waals surface area contributed by atoms with Gasteiger partial charge in [0.25, 0.3) is 0 Å². The molecule has 4 heteroatoms. The van der Waals surface area contributed by atoms with E-state index in [0.717, 1.165) is 17.0 Å². The van der Waals surface area contributed by atoms with Crippen LogP contribution in [-0.2, 0) is 15.1 Å². The minimum Gasteiger partial charge on any atom is -0.497 e. The molecule has 0 unspecified atom stereocenters. The monoisotopic (exact) mass is 353 g/mol. The molecule has 1 N–H and O–H groups in total. The summed E-state index contributed by atoms with van der Waals surface area (Å²) < 4.78 is 10.8. The van der Waals surface area contributed by atoms with Crippen molar-refractivity contribution in [2.24, 2.45) is 0 Å². The number of carbonyl (C=O) groups is 1.